The molecule has 1 heterocycles. The second-order valence-electron chi connectivity index (χ2n) is 3.29. The summed E-state index contributed by atoms with van der Waals surface area (Å²) < 4.78 is 16.1. The zero-order chi connectivity index (χ0) is 9.80. The molecule has 0 unspecified atom stereocenters. The molecule has 1 fully saturated rings. The van der Waals surface area contributed by atoms with E-state index in [-0.39, 0.29) is 12.4 Å². The van der Waals surface area contributed by atoms with E-state index in [1.165, 1.54) is 0 Å². The summed E-state index contributed by atoms with van der Waals surface area (Å²) in [4.78, 5) is 0. The number of benzene rings is 1. The van der Waals surface area contributed by atoms with Crippen molar-refractivity contribution >= 4 is 0 Å². The van der Waals surface area contributed by atoms with Gasteiger partial charge in [0.2, 0.25) is 0 Å². The molecule has 2 rings (SSSR count). The van der Waals surface area contributed by atoms with Crippen LogP contribution in [-0.4, -0.2) is 26.4 Å². The van der Waals surface area contributed by atoms with Crippen LogP contribution in [0.15, 0.2) is 30.3 Å². The first kappa shape index (κ1) is 9.65. The molecule has 0 bridgehead atoms. The van der Waals surface area contributed by atoms with Gasteiger partial charge < -0.3 is 14.2 Å². The molecule has 1 aliphatic heterocycles. The highest BCUT2D eigenvalue weighted by Crippen LogP contribution is 2.26. The van der Waals surface area contributed by atoms with E-state index in [0.717, 1.165) is 5.56 Å². The number of hydrogen-bond donors (Lipinski definition) is 0. The highest BCUT2D eigenvalue weighted by molar-refractivity contribution is 5.16. The first-order valence-electron chi connectivity index (χ1n) is 4.71. The smallest absolute Gasteiger partial charge is 0.184 e. The van der Waals surface area contributed by atoms with Crippen LogP contribution in [0.4, 0.5) is 0 Å². The van der Waals surface area contributed by atoms with Gasteiger partial charge in [-0.05, 0) is 0 Å². The van der Waals surface area contributed by atoms with Crippen molar-refractivity contribution in [2.75, 3.05) is 20.3 Å². The van der Waals surface area contributed by atoms with Crippen LogP contribution in [0.2, 0.25) is 0 Å². The Morgan fingerprint density at radius 2 is 2.14 bits per heavy atom. The minimum absolute atomic E-state index is 0.0604. The van der Waals surface area contributed by atoms with Crippen molar-refractivity contribution in [1.29, 1.82) is 0 Å². The molecule has 0 spiro atoms. The van der Waals surface area contributed by atoms with Crippen LogP contribution in [0.3, 0.4) is 0 Å². The van der Waals surface area contributed by atoms with E-state index in [2.05, 4.69) is 0 Å². The van der Waals surface area contributed by atoms with Crippen molar-refractivity contribution in [3.63, 3.8) is 0 Å². The zero-order valence-electron chi connectivity index (χ0n) is 8.18. The van der Waals surface area contributed by atoms with E-state index >= 15 is 0 Å². The highest BCUT2D eigenvalue weighted by atomic mass is 16.7. The van der Waals surface area contributed by atoms with Gasteiger partial charge in [0.1, 0.15) is 6.10 Å². The fourth-order valence-corrected chi connectivity index (χ4v) is 1.51. The van der Waals surface area contributed by atoms with Gasteiger partial charge in [-0.3, -0.25) is 0 Å². The fourth-order valence-electron chi connectivity index (χ4n) is 1.51. The van der Waals surface area contributed by atoms with E-state index in [0.29, 0.717) is 13.2 Å². The van der Waals surface area contributed by atoms with Gasteiger partial charge in [-0.2, -0.15) is 0 Å². The Morgan fingerprint density at radius 1 is 1.36 bits per heavy atom. The van der Waals surface area contributed by atoms with Crippen molar-refractivity contribution in [2.45, 2.75) is 12.4 Å². The van der Waals surface area contributed by atoms with Crippen molar-refractivity contribution in [3.8, 4) is 0 Å². The van der Waals surface area contributed by atoms with Crippen LogP contribution in [0, 0.1) is 0 Å². The second-order valence-corrected chi connectivity index (χ2v) is 3.29. The zero-order valence-corrected chi connectivity index (χ0v) is 8.18. The van der Waals surface area contributed by atoms with E-state index in [1.54, 1.807) is 7.11 Å². The maximum absolute atomic E-state index is 5.64. The fraction of sp³-hybridized carbons (Fsp3) is 0.455. The average Bonchev–Trinajstić information content (AvgIpc) is 2.68. The third kappa shape index (κ3) is 2.12. The molecule has 2 atom stereocenters. The minimum Gasteiger partial charge on any atom is -0.382 e. The van der Waals surface area contributed by atoms with Gasteiger partial charge in [-0.25, -0.2) is 0 Å². The Hall–Kier alpha value is -0.900. The average molecular weight is 194 g/mol. The summed E-state index contributed by atoms with van der Waals surface area (Å²) in [5, 5.41) is 0. The molecular formula is C11H14O3. The molecule has 0 aliphatic carbocycles. The van der Waals surface area contributed by atoms with Gasteiger partial charge in [0.05, 0.1) is 13.2 Å². The lowest BCUT2D eigenvalue weighted by molar-refractivity contribution is -0.0704. The largest absolute Gasteiger partial charge is 0.382 e. The molecule has 1 aromatic rings. The molecule has 0 amide bonds. The van der Waals surface area contributed by atoms with Crippen LogP contribution in [0.5, 0.6) is 0 Å². The van der Waals surface area contributed by atoms with Crippen LogP contribution in [-0.2, 0) is 14.2 Å². The topological polar surface area (TPSA) is 27.7 Å². The van der Waals surface area contributed by atoms with Gasteiger partial charge in [0, 0.05) is 12.7 Å². The van der Waals surface area contributed by atoms with Crippen molar-refractivity contribution < 1.29 is 14.2 Å². The van der Waals surface area contributed by atoms with E-state index in [4.69, 9.17) is 14.2 Å². The summed E-state index contributed by atoms with van der Waals surface area (Å²) in [5.41, 5.74) is 1.06. The quantitative estimate of drug-likeness (QED) is 0.733. The van der Waals surface area contributed by atoms with Gasteiger partial charge in [0.15, 0.2) is 6.29 Å². The number of rotatable bonds is 3. The van der Waals surface area contributed by atoms with Gasteiger partial charge in [-0.15, -0.1) is 0 Å². The molecule has 1 aliphatic rings. The molecule has 14 heavy (non-hydrogen) atoms. The van der Waals surface area contributed by atoms with Crippen molar-refractivity contribution in [1.82, 2.24) is 0 Å². The molecule has 0 radical (unpaired) electrons. The van der Waals surface area contributed by atoms with Crippen LogP contribution >= 0.6 is 0 Å². The van der Waals surface area contributed by atoms with Gasteiger partial charge in [0.25, 0.3) is 0 Å². The minimum atomic E-state index is -0.226. The summed E-state index contributed by atoms with van der Waals surface area (Å²) in [7, 11) is 1.67. The standard InChI is InChI=1S/C11H14O3/c1-12-7-10-8-13-11(14-10)9-5-3-2-4-6-9/h2-6,10-11H,7-8H2,1H3/t10-,11+/m1/s1. The first-order chi connectivity index (χ1) is 6.90. The Kier molecular flexibility index (Phi) is 3.14. The third-order valence-electron chi connectivity index (χ3n) is 2.17. The predicted molar refractivity (Wildman–Crippen MR) is 51.9 cm³/mol. The van der Waals surface area contributed by atoms with Crippen molar-refractivity contribution in [3.05, 3.63) is 35.9 Å². The molecule has 3 nitrogen and oxygen atoms in total. The lowest BCUT2D eigenvalue weighted by Gasteiger charge is -2.10. The Labute approximate surface area is 83.6 Å². The first-order valence-corrected chi connectivity index (χ1v) is 4.71. The molecule has 1 saturated heterocycles. The van der Waals surface area contributed by atoms with Crippen LogP contribution in [0.1, 0.15) is 11.9 Å². The highest BCUT2D eigenvalue weighted by Gasteiger charge is 2.26. The molecule has 0 saturated carbocycles. The maximum Gasteiger partial charge on any atom is 0.184 e. The summed E-state index contributed by atoms with van der Waals surface area (Å²) in [6, 6.07) is 9.93. The molecule has 0 aromatic heterocycles. The molecular weight excluding hydrogens is 180 g/mol. The lowest BCUT2D eigenvalue weighted by atomic mass is 10.2. The van der Waals surface area contributed by atoms with Crippen LogP contribution < -0.4 is 0 Å². The van der Waals surface area contributed by atoms with Gasteiger partial charge >= 0.3 is 0 Å². The number of methoxy groups -OCH3 is 1. The van der Waals surface area contributed by atoms with E-state index < -0.39 is 0 Å². The Morgan fingerprint density at radius 3 is 2.86 bits per heavy atom. The summed E-state index contributed by atoms with van der Waals surface area (Å²) >= 11 is 0. The summed E-state index contributed by atoms with van der Waals surface area (Å²) in [5.74, 6) is 0. The monoisotopic (exact) mass is 194 g/mol. The van der Waals surface area contributed by atoms with E-state index in [1.807, 2.05) is 30.3 Å². The Bertz CT molecular complexity index is 273. The lowest BCUT2D eigenvalue weighted by Crippen LogP contribution is -2.16. The normalized spacial score (nSPS) is 26.6. The summed E-state index contributed by atoms with van der Waals surface area (Å²) in [6.45, 7) is 1.19. The molecule has 3 heteroatoms. The van der Waals surface area contributed by atoms with Crippen LogP contribution in [0.25, 0.3) is 0 Å². The molecule has 76 valence electrons. The maximum atomic E-state index is 5.64. The Balaban J connectivity index is 1.96. The molecule has 0 N–H and O–H groups in total. The summed E-state index contributed by atoms with van der Waals surface area (Å²) in [6.07, 6.45) is -0.165. The number of hydrogen-bond acceptors (Lipinski definition) is 3. The molecule has 1 aromatic carbocycles. The number of ether oxygens (including phenoxy) is 3. The van der Waals surface area contributed by atoms with Crippen molar-refractivity contribution in [2.24, 2.45) is 0 Å². The predicted octanol–water partition coefficient (Wildman–Crippen LogP) is 1.75. The third-order valence-corrected chi connectivity index (χ3v) is 2.17. The van der Waals surface area contributed by atoms with E-state index in [9.17, 15) is 0 Å². The van der Waals surface area contributed by atoms with Gasteiger partial charge in [-0.1, -0.05) is 30.3 Å². The SMILES string of the molecule is COC[C@@H]1CO[C@H](c2ccccc2)O1. The second kappa shape index (κ2) is 4.55.